The van der Waals surface area contributed by atoms with E-state index in [4.69, 9.17) is 0 Å². The summed E-state index contributed by atoms with van der Waals surface area (Å²) in [6, 6.07) is 5.20. The second-order valence-corrected chi connectivity index (χ2v) is 4.73. The standard InChI is InChI=1S/C14H15N3O5/c1-8(14(19)22-3)15-13(18)12-9(2)16(20)10-6-4-5-7-11(10)17(12)21/h4-8H,1-3H3,(H,15,18). The highest BCUT2D eigenvalue weighted by Crippen LogP contribution is 2.13. The fourth-order valence-electron chi connectivity index (χ4n) is 2.11. The number of carbonyl (C=O) groups is 2. The zero-order valence-electron chi connectivity index (χ0n) is 12.3. The minimum atomic E-state index is -0.941. The molecule has 1 aromatic heterocycles. The number of amides is 1. The molecule has 1 heterocycles. The third-order valence-corrected chi connectivity index (χ3v) is 3.29. The van der Waals surface area contributed by atoms with E-state index in [1.54, 1.807) is 12.1 Å². The summed E-state index contributed by atoms with van der Waals surface area (Å²) in [4.78, 5) is 35.9. The van der Waals surface area contributed by atoms with E-state index in [0.29, 0.717) is 9.16 Å². The third-order valence-electron chi connectivity index (χ3n) is 3.29. The van der Waals surface area contributed by atoms with Crippen molar-refractivity contribution in [3.63, 3.8) is 0 Å². The average molecular weight is 305 g/mol. The van der Waals surface area contributed by atoms with Crippen LogP contribution in [-0.2, 0) is 9.53 Å². The Morgan fingerprint density at radius 3 is 2.64 bits per heavy atom. The van der Waals surface area contributed by atoms with E-state index in [2.05, 4.69) is 10.1 Å². The molecule has 1 amide bonds. The summed E-state index contributed by atoms with van der Waals surface area (Å²) in [7, 11) is 1.19. The maximum Gasteiger partial charge on any atom is 0.346 e. The molecule has 0 saturated carbocycles. The molecule has 22 heavy (non-hydrogen) atoms. The summed E-state index contributed by atoms with van der Waals surface area (Å²) in [6.07, 6.45) is 0. The lowest BCUT2D eigenvalue weighted by Gasteiger charge is -2.16. The van der Waals surface area contributed by atoms with E-state index in [-0.39, 0.29) is 22.4 Å². The van der Waals surface area contributed by atoms with Crippen LogP contribution in [0.25, 0.3) is 11.0 Å². The molecular weight excluding hydrogens is 290 g/mol. The highest BCUT2D eigenvalue weighted by atomic mass is 16.5. The highest BCUT2D eigenvalue weighted by molar-refractivity contribution is 5.95. The molecule has 1 aromatic carbocycles. The summed E-state index contributed by atoms with van der Waals surface area (Å²) >= 11 is 0. The van der Waals surface area contributed by atoms with Crippen LogP contribution in [-0.4, -0.2) is 29.8 Å². The molecule has 0 bridgehead atoms. The van der Waals surface area contributed by atoms with Gasteiger partial charge in [-0.3, -0.25) is 4.79 Å². The van der Waals surface area contributed by atoms with Gasteiger partial charge in [0.05, 0.1) is 17.2 Å². The first kappa shape index (κ1) is 15.5. The normalized spacial score (nSPS) is 12.0. The number of aromatic nitrogens is 2. The molecule has 8 heteroatoms. The van der Waals surface area contributed by atoms with Gasteiger partial charge in [0.15, 0.2) is 0 Å². The summed E-state index contributed by atoms with van der Waals surface area (Å²) < 4.78 is 5.40. The number of nitrogens with zero attached hydrogens (tertiary/aromatic N) is 2. The van der Waals surface area contributed by atoms with E-state index in [9.17, 15) is 19.7 Å². The van der Waals surface area contributed by atoms with Crippen LogP contribution in [0.5, 0.6) is 0 Å². The lowest BCUT2D eigenvalue weighted by molar-refractivity contribution is -0.468. The molecule has 0 saturated heterocycles. The van der Waals surface area contributed by atoms with Gasteiger partial charge in [-0.25, -0.2) is 4.79 Å². The number of benzene rings is 1. The monoisotopic (exact) mass is 305 g/mol. The molecule has 0 aliphatic rings. The Balaban J connectivity index is 2.54. The minimum absolute atomic E-state index is 0.0525. The molecule has 0 spiro atoms. The van der Waals surface area contributed by atoms with Crippen molar-refractivity contribution in [1.82, 2.24) is 10.0 Å². The topological polar surface area (TPSA) is 106 Å². The second-order valence-electron chi connectivity index (χ2n) is 4.73. The molecule has 2 rings (SSSR count). The molecule has 0 fully saturated rings. The van der Waals surface area contributed by atoms with E-state index >= 15 is 0 Å². The van der Waals surface area contributed by atoms with Crippen molar-refractivity contribution in [1.29, 1.82) is 0 Å². The van der Waals surface area contributed by atoms with Crippen molar-refractivity contribution in [2.45, 2.75) is 19.9 Å². The first-order valence-electron chi connectivity index (χ1n) is 6.51. The number of methoxy groups -OCH3 is 1. The van der Waals surface area contributed by atoms with E-state index in [0.717, 1.165) is 0 Å². The van der Waals surface area contributed by atoms with Crippen LogP contribution < -0.4 is 9.74 Å². The number of esters is 1. The van der Waals surface area contributed by atoms with Crippen LogP contribution >= 0.6 is 0 Å². The van der Waals surface area contributed by atoms with Crippen LogP contribution in [0, 0.1) is 17.0 Å². The molecule has 1 unspecified atom stereocenters. The minimum Gasteiger partial charge on any atom is -0.805 e. The number of para-hydroxylation sites is 2. The van der Waals surface area contributed by atoms with Gasteiger partial charge < -0.3 is 20.0 Å². The SMILES string of the molecule is COC(=O)C(C)NC(=O)c1c(C)n([O-])c2ccccc2[n+]1=O. The van der Waals surface area contributed by atoms with Gasteiger partial charge in [-0.1, -0.05) is 12.1 Å². The van der Waals surface area contributed by atoms with Gasteiger partial charge in [0.25, 0.3) is 5.52 Å². The largest absolute Gasteiger partial charge is 0.805 e. The Bertz CT molecular complexity index is 812. The Kier molecular flexibility index (Phi) is 4.11. The van der Waals surface area contributed by atoms with Crippen molar-refractivity contribution in [2.75, 3.05) is 7.11 Å². The predicted octanol–water partition coefficient (Wildman–Crippen LogP) is 0.501. The Morgan fingerprint density at radius 2 is 2.00 bits per heavy atom. The molecular formula is C14H15N3O5. The van der Waals surface area contributed by atoms with Gasteiger partial charge in [0.2, 0.25) is 0 Å². The van der Waals surface area contributed by atoms with E-state index < -0.39 is 17.9 Å². The second kappa shape index (κ2) is 5.84. The number of fused-ring (bicyclic) bond motifs is 1. The highest BCUT2D eigenvalue weighted by Gasteiger charge is 2.29. The van der Waals surface area contributed by atoms with Crippen molar-refractivity contribution >= 4 is 22.9 Å². The maximum absolute atomic E-state index is 12.4. The molecule has 1 atom stereocenters. The Labute approximate surface area is 125 Å². The summed E-state index contributed by atoms with van der Waals surface area (Å²) in [5.41, 5.74) is -0.181. The van der Waals surface area contributed by atoms with E-state index in [1.165, 1.54) is 33.1 Å². The average Bonchev–Trinajstić information content (AvgIpc) is 2.52. The first-order valence-corrected chi connectivity index (χ1v) is 6.51. The molecule has 0 aliphatic heterocycles. The lowest BCUT2D eigenvalue weighted by atomic mass is 10.2. The maximum atomic E-state index is 12.4. The molecule has 0 aliphatic carbocycles. The molecule has 0 radical (unpaired) electrons. The number of nitrogens with one attached hydrogen (secondary N) is 1. The zero-order valence-corrected chi connectivity index (χ0v) is 12.3. The number of rotatable bonds is 3. The number of carbonyl (C=O) groups excluding carboxylic acids is 2. The Morgan fingerprint density at radius 1 is 1.36 bits per heavy atom. The summed E-state index contributed by atoms with van der Waals surface area (Å²) in [5.74, 6) is -1.47. The third kappa shape index (κ3) is 2.50. The van der Waals surface area contributed by atoms with Crippen molar-refractivity contribution < 1.29 is 18.8 Å². The zero-order chi connectivity index (χ0) is 16.4. The molecule has 116 valence electrons. The van der Waals surface area contributed by atoms with Gasteiger partial charge in [0.1, 0.15) is 11.6 Å². The summed E-state index contributed by atoms with van der Waals surface area (Å²) in [6.45, 7) is 2.78. The first-order chi connectivity index (χ1) is 10.4. The van der Waals surface area contributed by atoms with Crippen molar-refractivity contribution in [3.8, 4) is 0 Å². The van der Waals surface area contributed by atoms with Crippen LogP contribution in [0.15, 0.2) is 24.3 Å². The van der Waals surface area contributed by atoms with Gasteiger partial charge in [-0.2, -0.15) is 0 Å². The molecule has 8 nitrogen and oxygen atoms in total. The number of hydrogen-bond donors (Lipinski definition) is 1. The van der Waals surface area contributed by atoms with Crippen LogP contribution in [0.4, 0.5) is 0 Å². The van der Waals surface area contributed by atoms with Gasteiger partial charge in [-0.05, 0) is 19.9 Å². The fraction of sp³-hybridized carbons (Fsp3) is 0.286. The molecule has 1 N–H and O–H groups in total. The molecule has 2 aromatic rings. The number of ether oxygens (including phenoxy) is 1. The van der Waals surface area contributed by atoms with E-state index in [1.807, 2.05) is 0 Å². The van der Waals surface area contributed by atoms with Gasteiger partial charge >= 0.3 is 17.6 Å². The van der Waals surface area contributed by atoms with Crippen molar-refractivity contribution in [3.05, 3.63) is 45.8 Å². The number of hydrogen-bond acceptors (Lipinski definition) is 5. The fourth-order valence-corrected chi connectivity index (χ4v) is 2.11. The lowest BCUT2D eigenvalue weighted by Crippen LogP contribution is -2.43. The van der Waals surface area contributed by atoms with Crippen LogP contribution in [0.2, 0.25) is 0 Å². The summed E-state index contributed by atoms with van der Waals surface area (Å²) in [5, 5.41) is 14.5. The van der Waals surface area contributed by atoms with Crippen LogP contribution in [0.1, 0.15) is 23.1 Å². The van der Waals surface area contributed by atoms with Crippen LogP contribution in [0.3, 0.4) is 0 Å². The van der Waals surface area contributed by atoms with Gasteiger partial charge in [-0.15, -0.1) is 0 Å². The Hall–Kier alpha value is -2.90. The smallest absolute Gasteiger partial charge is 0.346 e. The predicted molar refractivity (Wildman–Crippen MR) is 77.8 cm³/mol. The quantitative estimate of drug-likeness (QED) is 0.656. The van der Waals surface area contributed by atoms with Gasteiger partial charge in [0, 0.05) is 11.0 Å². The van der Waals surface area contributed by atoms with Crippen molar-refractivity contribution in [2.24, 2.45) is 0 Å².